The van der Waals surface area contributed by atoms with Crippen LogP contribution in [0, 0.1) is 6.92 Å². The Morgan fingerprint density at radius 1 is 0.820 bits per heavy atom. The highest BCUT2D eigenvalue weighted by Crippen LogP contribution is 2.33. The SMILES string of the molecule is CCOc1ccc(N(CC(=O)N(Cc2ccc(C)cc2)C(Cc2ccccc2)C(=O)NC(C)CC)S(=O)(=O)c2ccc(OC)c(OC)c2)cc1. The van der Waals surface area contributed by atoms with Crippen molar-refractivity contribution in [1.29, 1.82) is 0 Å². The Kier molecular flexibility index (Phi) is 13.3. The number of nitrogens with zero attached hydrogens (tertiary/aromatic N) is 2. The van der Waals surface area contributed by atoms with Crippen LogP contribution < -0.4 is 23.8 Å². The normalized spacial score (nSPS) is 12.4. The number of amides is 2. The third-order valence-electron chi connectivity index (χ3n) is 8.40. The molecule has 0 heterocycles. The summed E-state index contributed by atoms with van der Waals surface area (Å²) < 4.78 is 46.4. The minimum absolute atomic E-state index is 0.0814. The van der Waals surface area contributed by atoms with Gasteiger partial charge in [-0.2, -0.15) is 0 Å². The van der Waals surface area contributed by atoms with Crippen LogP contribution in [0.3, 0.4) is 0 Å². The lowest BCUT2D eigenvalue weighted by atomic mass is 10.0. The van der Waals surface area contributed by atoms with Gasteiger partial charge in [-0.05, 0) is 74.7 Å². The Balaban J connectivity index is 1.83. The van der Waals surface area contributed by atoms with Crippen molar-refractivity contribution in [2.24, 2.45) is 0 Å². The van der Waals surface area contributed by atoms with Gasteiger partial charge in [0, 0.05) is 25.1 Å². The number of benzene rings is 4. The Labute approximate surface area is 296 Å². The zero-order chi connectivity index (χ0) is 36.3. The topological polar surface area (TPSA) is 114 Å². The first-order valence-electron chi connectivity index (χ1n) is 16.7. The van der Waals surface area contributed by atoms with E-state index in [1.54, 1.807) is 24.3 Å². The number of carbonyl (C=O) groups excluding carboxylic acids is 2. The number of rotatable bonds is 17. The second-order valence-corrected chi connectivity index (χ2v) is 13.8. The van der Waals surface area contributed by atoms with Crippen molar-refractivity contribution in [2.75, 3.05) is 31.7 Å². The monoisotopic (exact) mass is 701 g/mol. The lowest BCUT2D eigenvalue weighted by Crippen LogP contribution is -2.54. The number of hydrogen-bond acceptors (Lipinski definition) is 7. The molecule has 2 atom stereocenters. The molecule has 0 fully saturated rings. The maximum absolute atomic E-state index is 14.7. The van der Waals surface area contributed by atoms with E-state index in [4.69, 9.17) is 14.2 Å². The predicted octanol–water partition coefficient (Wildman–Crippen LogP) is 6.16. The van der Waals surface area contributed by atoms with Crippen LogP contribution in [0.5, 0.6) is 17.2 Å². The van der Waals surface area contributed by atoms with Gasteiger partial charge in [0.15, 0.2) is 11.5 Å². The second kappa shape index (κ2) is 17.6. The molecule has 2 amide bonds. The minimum Gasteiger partial charge on any atom is -0.494 e. The molecule has 4 rings (SSSR count). The average molecular weight is 702 g/mol. The summed E-state index contributed by atoms with van der Waals surface area (Å²) in [5.41, 5.74) is 2.95. The molecule has 4 aromatic carbocycles. The first kappa shape index (κ1) is 37.8. The summed E-state index contributed by atoms with van der Waals surface area (Å²) in [6, 6.07) is 26.9. The molecule has 4 aromatic rings. The maximum Gasteiger partial charge on any atom is 0.264 e. The van der Waals surface area contributed by atoms with E-state index in [2.05, 4.69) is 5.32 Å². The Morgan fingerprint density at radius 3 is 2.08 bits per heavy atom. The first-order chi connectivity index (χ1) is 24.0. The molecular formula is C39H47N3O7S. The fourth-order valence-electron chi connectivity index (χ4n) is 5.39. The molecule has 0 spiro atoms. The molecule has 2 unspecified atom stereocenters. The number of carbonyl (C=O) groups is 2. The quantitative estimate of drug-likeness (QED) is 0.140. The highest BCUT2D eigenvalue weighted by atomic mass is 32.2. The maximum atomic E-state index is 14.7. The number of sulfonamides is 1. The molecular weight excluding hydrogens is 655 g/mol. The van der Waals surface area contributed by atoms with Crippen molar-refractivity contribution in [3.8, 4) is 17.2 Å². The van der Waals surface area contributed by atoms with Crippen molar-refractivity contribution >= 4 is 27.5 Å². The molecule has 11 heteroatoms. The molecule has 10 nitrogen and oxygen atoms in total. The number of hydrogen-bond donors (Lipinski definition) is 1. The van der Waals surface area contributed by atoms with Gasteiger partial charge in [0.25, 0.3) is 10.0 Å². The Morgan fingerprint density at radius 2 is 1.48 bits per heavy atom. The van der Waals surface area contributed by atoms with Crippen LogP contribution >= 0.6 is 0 Å². The Hall–Kier alpha value is -5.03. The van der Waals surface area contributed by atoms with E-state index >= 15 is 0 Å². The van der Waals surface area contributed by atoms with Gasteiger partial charge in [0.1, 0.15) is 18.3 Å². The van der Waals surface area contributed by atoms with E-state index in [-0.39, 0.29) is 41.2 Å². The van der Waals surface area contributed by atoms with Gasteiger partial charge in [-0.25, -0.2) is 8.42 Å². The molecule has 0 aliphatic rings. The zero-order valence-corrected chi connectivity index (χ0v) is 30.4. The lowest BCUT2D eigenvalue weighted by molar-refractivity contribution is -0.140. The zero-order valence-electron chi connectivity index (χ0n) is 29.6. The van der Waals surface area contributed by atoms with Crippen LogP contribution in [0.4, 0.5) is 5.69 Å². The molecule has 0 bridgehead atoms. The molecule has 0 aromatic heterocycles. The van der Waals surface area contributed by atoms with Crippen LogP contribution in [-0.2, 0) is 32.6 Å². The van der Waals surface area contributed by atoms with E-state index < -0.39 is 28.5 Å². The van der Waals surface area contributed by atoms with Gasteiger partial charge in [-0.3, -0.25) is 13.9 Å². The van der Waals surface area contributed by atoms with Crippen LogP contribution in [0.1, 0.15) is 43.9 Å². The molecule has 50 heavy (non-hydrogen) atoms. The molecule has 0 saturated heterocycles. The average Bonchev–Trinajstić information content (AvgIpc) is 3.13. The smallest absolute Gasteiger partial charge is 0.264 e. The van der Waals surface area contributed by atoms with Crippen molar-refractivity contribution < 1.29 is 32.2 Å². The second-order valence-electron chi connectivity index (χ2n) is 12.0. The Bertz CT molecular complexity index is 1820. The van der Waals surface area contributed by atoms with Crippen molar-refractivity contribution in [3.63, 3.8) is 0 Å². The van der Waals surface area contributed by atoms with Crippen LogP contribution in [0.2, 0.25) is 0 Å². The molecule has 0 saturated carbocycles. The first-order valence-corrected chi connectivity index (χ1v) is 18.1. The highest BCUT2D eigenvalue weighted by molar-refractivity contribution is 7.92. The van der Waals surface area contributed by atoms with Gasteiger partial charge in [-0.1, -0.05) is 67.1 Å². The van der Waals surface area contributed by atoms with Crippen LogP contribution in [0.25, 0.3) is 0 Å². The van der Waals surface area contributed by atoms with E-state index in [1.807, 2.05) is 82.3 Å². The van der Waals surface area contributed by atoms with Gasteiger partial charge in [0.05, 0.1) is 31.4 Å². The third kappa shape index (κ3) is 9.56. The summed E-state index contributed by atoms with van der Waals surface area (Å²) in [6.07, 6.45) is 0.928. The predicted molar refractivity (Wildman–Crippen MR) is 195 cm³/mol. The minimum atomic E-state index is -4.36. The van der Waals surface area contributed by atoms with Crippen molar-refractivity contribution in [1.82, 2.24) is 10.2 Å². The van der Waals surface area contributed by atoms with Crippen molar-refractivity contribution in [2.45, 2.75) is 64.1 Å². The summed E-state index contributed by atoms with van der Waals surface area (Å²) in [5, 5.41) is 3.06. The molecule has 1 N–H and O–H groups in total. The van der Waals surface area contributed by atoms with Gasteiger partial charge >= 0.3 is 0 Å². The number of anilines is 1. The summed E-state index contributed by atoms with van der Waals surface area (Å²) in [6.45, 7) is 7.63. The largest absolute Gasteiger partial charge is 0.494 e. The molecule has 0 aliphatic heterocycles. The van der Waals surface area contributed by atoms with Gasteiger partial charge in [-0.15, -0.1) is 0 Å². The standard InChI is InChI=1S/C39H47N3O7S/c1-7-29(4)40-39(44)35(24-30-12-10-9-11-13-30)41(26-31-16-14-28(3)15-17-31)38(43)27-42(32-18-20-33(21-19-32)49-8-2)50(45,46)34-22-23-36(47-5)37(25-34)48-6/h9-23,25,29,35H,7-8,24,26-27H2,1-6H3,(H,40,44). The van der Waals surface area contributed by atoms with Crippen LogP contribution in [0.15, 0.2) is 102 Å². The van der Waals surface area contributed by atoms with E-state index in [0.29, 0.717) is 24.5 Å². The van der Waals surface area contributed by atoms with Crippen LogP contribution in [-0.4, -0.2) is 64.6 Å². The molecule has 0 radical (unpaired) electrons. The fraction of sp³-hybridized carbons (Fsp3) is 0.333. The van der Waals surface area contributed by atoms with E-state index in [1.165, 1.54) is 37.3 Å². The third-order valence-corrected chi connectivity index (χ3v) is 10.2. The lowest BCUT2D eigenvalue weighted by Gasteiger charge is -2.34. The number of ether oxygens (including phenoxy) is 3. The van der Waals surface area contributed by atoms with Gasteiger partial charge < -0.3 is 24.4 Å². The summed E-state index contributed by atoms with van der Waals surface area (Å²) in [5.74, 6) is 0.257. The summed E-state index contributed by atoms with van der Waals surface area (Å²) in [7, 11) is -1.48. The summed E-state index contributed by atoms with van der Waals surface area (Å²) >= 11 is 0. The highest BCUT2D eigenvalue weighted by Gasteiger charge is 2.35. The molecule has 0 aliphatic carbocycles. The summed E-state index contributed by atoms with van der Waals surface area (Å²) in [4.78, 5) is 30.2. The number of nitrogens with one attached hydrogen (secondary N) is 1. The number of aryl methyl sites for hydroxylation is 1. The van der Waals surface area contributed by atoms with E-state index in [0.717, 1.165) is 21.0 Å². The number of methoxy groups -OCH3 is 2. The van der Waals surface area contributed by atoms with E-state index in [9.17, 15) is 18.0 Å². The van der Waals surface area contributed by atoms with Crippen molar-refractivity contribution in [3.05, 3.63) is 114 Å². The molecule has 266 valence electrons. The fourth-order valence-corrected chi connectivity index (χ4v) is 6.82. The van der Waals surface area contributed by atoms with Gasteiger partial charge in [0.2, 0.25) is 11.8 Å².